The van der Waals surface area contributed by atoms with Gasteiger partial charge in [-0.05, 0) is 13.3 Å². The Morgan fingerprint density at radius 1 is 1.64 bits per heavy atom. The lowest BCUT2D eigenvalue weighted by Gasteiger charge is -2.14. The molecule has 0 aromatic carbocycles. The number of aromatic nitrogens is 4. The minimum Gasteiger partial charge on any atom is -0.362 e. The summed E-state index contributed by atoms with van der Waals surface area (Å²) in [7, 11) is -2.24. The summed E-state index contributed by atoms with van der Waals surface area (Å²) in [5.41, 5.74) is -0.0553. The Morgan fingerprint density at radius 3 is 3.00 bits per heavy atom. The quantitative estimate of drug-likeness (QED) is 0.687. The van der Waals surface area contributed by atoms with Gasteiger partial charge in [-0.15, -0.1) is 0 Å². The van der Waals surface area contributed by atoms with Gasteiger partial charge in [-0.2, -0.15) is 0 Å². The average Bonchev–Trinajstić information content (AvgIpc) is 2.82. The van der Waals surface area contributed by atoms with Gasteiger partial charge in [0.1, 0.15) is 30.4 Å². The van der Waals surface area contributed by atoms with E-state index in [4.69, 9.17) is 14.5 Å². The Morgan fingerprint density at radius 2 is 2.36 bits per heavy atom. The van der Waals surface area contributed by atoms with Crippen LogP contribution in [0.15, 0.2) is 16.9 Å². The summed E-state index contributed by atoms with van der Waals surface area (Å²) < 4.78 is 20.6. The highest BCUT2D eigenvalue weighted by Crippen LogP contribution is 2.25. The molecule has 0 amide bonds. The van der Waals surface area contributed by atoms with Crippen LogP contribution < -0.4 is 5.56 Å². The molecule has 0 aliphatic rings. The molecule has 2 aromatic heterocycles. The fourth-order valence-corrected chi connectivity index (χ4v) is 2.21. The van der Waals surface area contributed by atoms with Crippen LogP contribution in [0, 0.1) is 6.92 Å². The van der Waals surface area contributed by atoms with Crippen molar-refractivity contribution < 1.29 is 18.9 Å². The van der Waals surface area contributed by atoms with Gasteiger partial charge in [0.2, 0.25) is 0 Å². The maximum Gasteiger partial charge on any atom is 0.279 e. The topological polar surface area (TPSA) is 113 Å². The van der Waals surface area contributed by atoms with Crippen LogP contribution in [0.25, 0.3) is 17.4 Å². The highest BCUT2D eigenvalue weighted by atomic mass is 31.2. The number of nitrogens with one attached hydrogen (secondary N) is 1. The average molecular weight is 330 g/mol. The molecule has 2 rings (SSSR count). The van der Waals surface area contributed by atoms with Gasteiger partial charge in [0.25, 0.3) is 5.56 Å². The Balaban J connectivity index is 2.33. The molecule has 120 valence electrons. The molecular formula is C12H16FN4O4P. The lowest BCUT2D eigenvalue weighted by Crippen LogP contribution is -2.14. The molecule has 3 N–H and O–H groups in total. The first-order valence-electron chi connectivity index (χ1n) is 6.50. The van der Waals surface area contributed by atoms with Gasteiger partial charge in [0, 0.05) is 6.20 Å². The van der Waals surface area contributed by atoms with Crippen molar-refractivity contribution in [2.24, 2.45) is 0 Å². The lowest BCUT2D eigenvalue weighted by atomic mass is 10.2. The second-order valence-corrected chi connectivity index (χ2v) is 5.56. The van der Waals surface area contributed by atoms with Gasteiger partial charge in [-0.3, -0.25) is 9.36 Å². The summed E-state index contributed by atoms with van der Waals surface area (Å²) in [4.78, 5) is 39.9. The molecule has 2 heterocycles. The number of aryl methyl sites for hydroxylation is 1. The van der Waals surface area contributed by atoms with E-state index in [1.807, 2.05) is 0 Å². The molecule has 22 heavy (non-hydrogen) atoms. The maximum absolute atomic E-state index is 14.2. The summed E-state index contributed by atoms with van der Waals surface area (Å²) in [5, 5.41) is 0. The molecule has 2 aromatic rings. The molecule has 8 nitrogen and oxygen atoms in total. The van der Waals surface area contributed by atoms with Crippen molar-refractivity contribution >= 4 is 25.7 Å². The zero-order chi connectivity index (χ0) is 16.3. The minimum absolute atomic E-state index is 0.109. The standard InChI is InChI=1S/C12H16FN4O4P/c1-3-9(21-6-22(19)20)8(13)4-17-5-14-10-11(17)15-7(2)16-12(10)18/h4-5,9,19-20H,3,6H2,1-2H3,(H,15,16,18)/b8-4+. The van der Waals surface area contributed by atoms with Crippen molar-refractivity contribution in [3.8, 4) is 0 Å². The number of ether oxygens (including phenoxy) is 1. The van der Waals surface area contributed by atoms with Crippen LogP contribution >= 0.6 is 8.38 Å². The van der Waals surface area contributed by atoms with Crippen LogP contribution in [-0.4, -0.2) is 41.8 Å². The number of rotatable bonds is 6. The number of hydrogen-bond acceptors (Lipinski definition) is 6. The minimum atomic E-state index is -2.24. The van der Waals surface area contributed by atoms with E-state index in [-0.39, 0.29) is 17.5 Å². The third-order valence-corrected chi connectivity index (χ3v) is 3.26. The first-order chi connectivity index (χ1) is 10.4. The van der Waals surface area contributed by atoms with E-state index in [1.54, 1.807) is 13.8 Å². The van der Waals surface area contributed by atoms with Gasteiger partial charge in [0.15, 0.2) is 19.5 Å². The summed E-state index contributed by atoms with van der Waals surface area (Å²) >= 11 is 0. The van der Waals surface area contributed by atoms with E-state index in [9.17, 15) is 9.18 Å². The predicted molar refractivity (Wildman–Crippen MR) is 79.7 cm³/mol. The number of fused-ring (bicyclic) bond motifs is 1. The highest BCUT2D eigenvalue weighted by molar-refractivity contribution is 7.44. The van der Waals surface area contributed by atoms with Gasteiger partial charge in [0.05, 0.1) is 0 Å². The third kappa shape index (κ3) is 3.75. The van der Waals surface area contributed by atoms with Crippen LogP contribution in [0.2, 0.25) is 0 Å². The fourth-order valence-electron chi connectivity index (χ4n) is 1.90. The molecule has 0 aliphatic carbocycles. The highest BCUT2D eigenvalue weighted by Gasteiger charge is 2.16. The number of hydrogen-bond donors (Lipinski definition) is 3. The van der Waals surface area contributed by atoms with Gasteiger partial charge in [-0.1, -0.05) is 6.92 Å². The van der Waals surface area contributed by atoms with E-state index in [2.05, 4.69) is 15.0 Å². The van der Waals surface area contributed by atoms with E-state index >= 15 is 0 Å². The second-order valence-electron chi connectivity index (χ2n) is 4.55. The molecule has 0 radical (unpaired) electrons. The third-order valence-electron chi connectivity index (χ3n) is 2.88. The number of nitrogens with zero attached hydrogens (tertiary/aromatic N) is 3. The van der Waals surface area contributed by atoms with E-state index in [1.165, 1.54) is 10.9 Å². The number of halogens is 1. The monoisotopic (exact) mass is 330 g/mol. The second kappa shape index (κ2) is 7.06. The van der Waals surface area contributed by atoms with Gasteiger partial charge >= 0.3 is 0 Å². The molecule has 0 spiro atoms. The summed E-state index contributed by atoms with van der Waals surface area (Å²) in [6.45, 7) is 3.31. The SMILES string of the molecule is CCC(OCP(O)O)/C(F)=C\n1cnc2c(=O)[nH]c(C)nc21. The zero-order valence-corrected chi connectivity index (χ0v) is 12.9. The van der Waals surface area contributed by atoms with Crippen molar-refractivity contribution in [3.63, 3.8) is 0 Å². The number of aromatic amines is 1. The van der Waals surface area contributed by atoms with E-state index < -0.39 is 25.9 Å². The van der Waals surface area contributed by atoms with Crippen molar-refractivity contribution in [2.75, 3.05) is 6.35 Å². The molecule has 0 fully saturated rings. The Hall–Kier alpha value is -1.67. The Labute approximate surface area is 126 Å². The summed E-state index contributed by atoms with van der Waals surface area (Å²) in [6.07, 6.45) is 1.46. The predicted octanol–water partition coefficient (Wildman–Crippen LogP) is 1.25. The van der Waals surface area contributed by atoms with Crippen LogP contribution in [-0.2, 0) is 4.74 Å². The molecule has 0 saturated heterocycles. The molecule has 1 unspecified atom stereocenters. The normalized spacial score (nSPS) is 14.0. The van der Waals surface area contributed by atoms with Crippen molar-refractivity contribution in [3.05, 3.63) is 28.3 Å². The van der Waals surface area contributed by atoms with E-state index in [0.29, 0.717) is 12.2 Å². The largest absolute Gasteiger partial charge is 0.362 e. The van der Waals surface area contributed by atoms with Gasteiger partial charge < -0.3 is 19.5 Å². The van der Waals surface area contributed by atoms with Crippen LogP contribution in [0.3, 0.4) is 0 Å². The van der Waals surface area contributed by atoms with Crippen LogP contribution in [0.5, 0.6) is 0 Å². The first kappa shape index (κ1) is 16.7. The fraction of sp³-hybridized carbons (Fsp3) is 0.417. The first-order valence-corrected chi connectivity index (χ1v) is 7.93. The van der Waals surface area contributed by atoms with Crippen molar-refractivity contribution in [1.29, 1.82) is 0 Å². The molecule has 0 saturated carbocycles. The molecule has 1 atom stereocenters. The number of H-pyrrole nitrogens is 1. The number of imidazole rings is 1. The Kier molecular flexibility index (Phi) is 5.36. The van der Waals surface area contributed by atoms with E-state index in [0.717, 1.165) is 6.20 Å². The molecule has 10 heteroatoms. The van der Waals surface area contributed by atoms with Crippen LogP contribution in [0.4, 0.5) is 4.39 Å². The summed E-state index contributed by atoms with van der Waals surface area (Å²) in [5.74, 6) is -0.235. The van der Waals surface area contributed by atoms with Crippen LogP contribution in [0.1, 0.15) is 19.2 Å². The van der Waals surface area contributed by atoms with Gasteiger partial charge in [-0.25, -0.2) is 14.4 Å². The zero-order valence-electron chi connectivity index (χ0n) is 12.0. The maximum atomic E-state index is 14.2. The molecular weight excluding hydrogens is 314 g/mol. The molecule has 0 aliphatic heterocycles. The summed E-state index contributed by atoms with van der Waals surface area (Å²) in [6, 6.07) is 0. The molecule has 0 bridgehead atoms. The van der Waals surface area contributed by atoms with Crippen molar-refractivity contribution in [2.45, 2.75) is 26.4 Å². The van der Waals surface area contributed by atoms with Crippen molar-refractivity contribution in [1.82, 2.24) is 19.5 Å². The Bertz CT molecular complexity index is 742. The lowest BCUT2D eigenvalue weighted by molar-refractivity contribution is 0.0882. The smallest absolute Gasteiger partial charge is 0.279 e.